The molecular weight excluding hydrogens is 296 g/mol. The molecule has 1 aliphatic carbocycles. The molecule has 0 atom stereocenters. The monoisotopic (exact) mass is 314 g/mol. The second-order valence-corrected chi connectivity index (χ2v) is 5.99. The number of nitrogens with zero attached hydrogens (tertiary/aromatic N) is 2. The molecule has 1 aliphatic rings. The highest BCUT2D eigenvalue weighted by molar-refractivity contribution is 5.96. The van der Waals surface area contributed by atoms with E-state index in [1.54, 1.807) is 35.9 Å². The third-order valence-electron chi connectivity index (χ3n) is 4.17. The molecule has 6 heteroatoms. The summed E-state index contributed by atoms with van der Waals surface area (Å²) >= 11 is 0. The molecule has 0 unspecified atom stereocenters. The number of rotatable bonds is 5. The molecule has 1 fully saturated rings. The summed E-state index contributed by atoms with van der Waals surface area (Å²) < 4.78 is 1.65. The Labute approximate surface area is 132 Å². The summed E-state index contributed by atoms with van der Waals surface area (Å²) in [4.78, 5) is 37.4. The number of carbonyl (C=O) groups excluding carboxylic acids is 1. The molecule has 0 saturated heterocycles. The smallest absolute Gasteiger partial charge is 0.323 e. The third-order valence-corrected chi connectivity index (χ3v) is 4.17. The second-order valence-electron chi connectivity index (χ2n) is 5.99. The van der Waals surface area contributed by atoms with E-state index in [-0.39, 0.29) is 17.7 Å². The van der Waals surface area contributed by atoms with Crippen molar-refractivity contribution in [1.82, 2.24) is 9.47 Å². The fraction of sp³-hybridized carbons (Fsp3) is 0.353. The van der Waals surface area contributed by atoms with E-state index in [2.05, 4.69) is 0 Å². The van der Waals surface area contributed by atoms with E-state index >= 15 is 0 Å². The van der Waals surface area contributed by atoms with Crippen LogP contribution in [0.5, 0.6) is 0 Å². The SMILES string of the molecule is Cn1c(C(=O)N(CC(=O)O)CC2CC2)cc(=O)c2ccccc21. The number of fused-ring (bicyclic) bond motifs is 1. The van der Waals surface area contributed by atoms with Crippen LogP contribution in [0.15, 0.2) is 35.1 Å². The normalized spacial score (nSPS) is 14.0. The maximum Gasteiger partial charge on any atom is 0.323 e. The van der Waals surface area contributed by atoms with Crippen molar-refractivity contribution in [3.05, 3.63) is 46.2 Å². The quantitative estimate of drug-likeness (QED) is 0.906. The first-order chi connectivity index (χ1) is 11.0. The molecule has 0 radical (unpaired) electrons. The van der Waals surface area contributed by atoms with Gasteiger partial charge in [0.1, 0.15) is 12.2 Å². The Morgan fingerprint density at radius 2 is 2.00 bits per heavy atom. The summed E-state index contributed by atoms with van der Waals surface area (Å²) in [6, 6.07) is 8.36. The number of amides is 1. The van der Waals surface area contributed by atoms with Gasteiger partial charge in [0.05, 0.1) is 5.52 Å². The van der Waals surface area contributed by atoms with Crippen LogP contribution in [0.2, 0.25) is 0 Å². The summed E-state index contributed by atoms with van der Waals surface area (Å²) in [5.41, 5.74) is 0.643. The van der Waals surface area contributed by atoms with Gasteiger partial charge >= 0.3 is 5.97 Å². The molecule has 6 nitrogen and oxygen atoms in total. The molecular formula is C17H18N2O4. The van der Waals surface area contributed by atoms with Crippen molar-refractivity contribution >= 4 is 22.8 Å². The minimum atomic E-state index is -1.05. The summed E-state index contributed by atoms with van der Waals surface area (Å²) in [6.07, 6.45) is 2.03. The number of hydrogen-bond acceptors (Lipinski definition) is 3. The number of carboxylic acid groups (broad SMARTS) is 1. The van der Waals surface area contributed by atoms with E-state index in [0.717, 1.165) is 12.8 Å². The molecule has 23 heavy (non-hydrogen) atoms. The Morgan fingerprint density at radius 1 is 1.30 bits per heavy atom. The number of hydrogen-bond donors (Lipinski definition) is 1. The highest BCUT2D eigenvalue weighted by Gasteiger charge is 2.29. The van der Waals surface area contributed by atoms with Crippen molar-refractivity contribution in [3.8, 4) is 0 Å². The van der Waals surface area contributed by atoms with E-state index in [0.29, 0.717) is 23.4 Å². The van der Waals surface area contributed by atoms with Crippen LogP contribution in [0.3, 0.4) is 0 Å². The van der Waals surface area contributed by atoms with Crippen LogP contribution in [0, 0.1) is 5.92 Å². The number of benzene rings is 1. The number of aliphatic carboxylic acids is 1. The summed E-state index contributed by atoms with van der Waals surface area (Å²) in [5, 5.41) is 9.59. The Balaban J connectivity index is 2.03. The molecule has 0 spiro atoms. The fourth-order valence-corrected chi connectivity index (χ4v) is 2.76. The lowest BCUT2D eigenvalue weighted by atomic mass is 10.1. The summed E-state index contributed by atoms with van der Waals surface area (Å²) in [6.45, 7) is 0.0719. The van der Waals surface area contributed by atoms with Gasteiger partial charge in [-0.25, -0.2) is 0 Å². The van der Waals surface area contributed by atoms with Crippen molar-refractivity contribution in [1.29, 1.82) is 0 Å². The zero-order valence-electron chi connectivity index (χ0n) is 12.9. The van der Waals surface area contributed by atoms with Gasteiger partial charge in [-0.05, 0) is 30.9 Å². The van der Waals surface area contributed by atoms with Crippen LogP contribution in [0.1, 0.15) is 23.3 Å². The zero-order valence-corrected chi connectivity index (χ0v) is 12.9. The number of para-hydroxylation sites is 1. The number of carboxylic acids is 1. The van der Waals surface area contributed by atoms with Gasteiger partial charge < -0.3 is 14.6 Å². The molecule has 120 valence electrons. The van der Waals surface area contributed by atoms with Gasteiger partial charge in [0.25, 0.3) is 5.91 Å². The van der Waals surface area contributed by atoms with Gasteiger partial charge in [-0.15, -0.1) is 0 Å². The highest BCUT2D eigenvalue weighted by Crippen LogP contribution is 2.30. The molecule has 1 aromatic heterocycles. The zero-order chi connectivity index (χ0) is 16.6. The summed E-state index contributed by atoms with van der Waals surface area (Å²) in [5.74, 6) is -1.09. The Kier molecular flexibility index (Phi) is 3.90. The first-order valence-electron chi connectivity index (χ1n) is 7.57. The van der Waals surface area contributed by atoms with E-state index in [1.165, 1.54) is 11.0 Å². The first kappa shape index (κ1) is 15.3. The lowest BCUT2D eigenvalue weighted by Crippen LogP contribution is -2.39. The molecule has 0 bridgehead atoms. The van der Waals surface area contributed by atoms with Gasteiger partial charge in [-0.3, -0.25) is 14.4 Å². The predicted molar refractivity (Wildman–Crippen MR) is 85.5 cm³/mol. The van der Waals surface area contributed by atoms with Crippen molar-refractivity contribution < 1.29 is 14.7 Å². The molecule has 1 heterocycles. The van der Waals surface area contributed by atoms with Crippen LogP contribution < -0.4 is 5.43 Å². The van der Waals surface area contributed by atoms with Gasteiger partial charge in [0.15, 0.2) is 5.43 Å². The number of carbonyl (C=O) groups is 2. The Hall–Kier alpha value is -2.63. The molecule has 3 rings (SSSR count). The number of aryl methyl sites for hydroxylation is 1. The topological polar surface area (TPSA) is 79.6 Å². The lowest BCUT2D eigenvalue weighted by Gasteiger charge is -2.22. The van der Waals surface area contributed by atoms with Crippen molar-refractivity contribution in [2.24, 2.45) is 13.0 Å². The van der Waals surface area contributed by atoms with Crippen LogP contribution in [-0.2, 0) is 11.8 Å². The summed E-state index contributed by atoms with van der Waals surface area (Å²) in [7, 11) is 1.71. The minimum Gasteiger partial charge on any atom is -0.480 e. The van der Waals surface area contributed by atoms with Gasteiger partial charge in [-0.1, -0.05) is 12.1 Å². The van der Waals surface area contributed by atoms with E-state index in [9.17, 15) is 14.4 Å². The minimum absolute atomic E-state index is 0.218. The van der Waals surface area contributed by atoms with Gasteiger partial charge in [-0.2, -0.15) is 0 Å². The van der Waals surface area contributed by atoms with Crippen LogP contribution in [0.4, 0.5) is 0 Å². The van der Waals surface area contributed by atoms with E-state index < -0.39 is 11.9 Å². The molecule has 1 amide bonds. The van der Waals surface area contributed by atoms with Crippen LogP contribution >= 0.6 is 0 Å². The average Bonchev–Trinajstić information content (AvgIpc) is 3.33. The van der Waals surface area contributed by atoms with E-state index in [4.69, 9.17) is 5.11 Å². The average molecular weight is 314 g/mol. The molecule has 1 N–H and O–H groups in total. The van der Waals surface area contributed by atoms with E-state index in [1.807, 2.05) is 0 Å². The Morgan fingerprint density at radius 3 is 2.65 bits per heavy atom. The predicted octanol–water partition coefficient (Wildman–Crippen LogP) is 1.48. The van der Waals surface area contributed by atoms with Crippen molar-refractivity contribution in [2.45, 2.75) is 12.8 Å². The van der Waals surface area contributed by atoms with Crippen LogP contribution in [0.25, 0.3) is 10.9 Å². The maximum absolute atomic E-state index is 12.8. The largest absolute Gasteiger partial charge is 0.480 e. The third kappa shape index (κ3) is 3.11. The Bertz CT molecular complexity index is 836. The number of pyridine rings is 1. The molecule has 1 saturated carbocycles. The lowest BCUT2D eigenvalue weighted by molar-refractivity contribution is -0.137. The van der Waals surface area contributed by atoms with Gasteiger partial charge in [0, 0.05) is 25.0 Å². The van der Waals surface area contributed by atoms with Crippen LogP contribution in [-0.4, -0.2) is 39.5 Å². The second kappa shape index (κ2) is 5.87. The fourth-order valence-electron chi connectivity index (χ4n) is 2.76. The standard InChI is InChI=1S/C17H18N2O4/c1-18-13-5-3-2-4-12(13)15(20)8-14(18)17(23)19(10-16(21)22)9-11-6-7-11/h2-5,8,11H,6-7,9-10H2,1H3,(H,21,22). The molecule has 2 aromatic rings. The first-order valence-corrected chi connectivity index (χ1v) is 7.57. The van der Waals surface area contributed by atoms with Crippen molar-refractivity contribution in [2.75, 3.05) is 13.1 Å². The number of aromatic nitrogens is 1. The maximum atomic E-state index is 12.8. The highest BCUT2D eigenvalue weighted by atomic mass is 16.4. The van der Waals surface area contributed by atoms with Gasteiger partial charge in [0.2, 0.25) is 0 Å². The molecule has 0 aliphatic heterocycles. The van der Waals surface area contributed by atoms with Crippen molar-refractivity contribution in [3.63, 3.8) is 0 Å². The molecule has 1 aromatic carbocycles.